The molecular formula is C16H22N4O. The van der Waals surface area contributed by atoms with Crippen LogP contribution in [0.5, 0.6) is 0 Å². The van der Waals surface area contributed by atoms with Gasteiger partial charge in [0.25, 0.3) is 0 Å². The number of aryl methyl sites for hydroxylation is 1. The number of nitrogens with one attached hydrogen (secondary N) is 1. The third-order valence-electron chi connectivity index (χ3n) is 3.46. The van der Waals surface area contributed by atoms with Gasteiger partial charge in [-0.05, 0) is 30.7 Å². The van der Waals surface area contributed by atoms with Crippen molar-refractivity contribution in [3.05, 3.63) is 47.8 Å². The molecule has 0 aliphatic carbocycles. The van der Waals surface area contributed by atoms with Gasteiger partial charge in [0, 0.05) is 38.9 Å². The maximum Gasteiger partial charge on any atom is 0.219 e. The van der Waals surface area contributed by atoms with E-state index in [1.54, 1.807) is 11.8 Å². The number of carbonyl (C=O) groups is 1. The van der Waals surface area contributed by atoms with Gasteiger partial charge in [-0.3, -0.25) is 9.48 Å². The molecule has 21 heavy (non-hydrogen) atoms. The van der Waals surface area contributed by atoms with E-state index in [2.05, 4.69) is 23.4 Å². The van der Waals surface area contributed by atoms with Crippen molar-refractivity contribution in [2.24, 2.45) is 0 Å². The zero-order chi connectivity index (χ0) is 15.2. The molecule has 1 N–H and O–H groups in total. The topological polar surface area (TPSA) is 50.2 Å². The van der Waals surface area contributed by atoms with Gasteiger partial charge in [0.1, 0.15) is 0 Å². The van der Waals surface area contributed by atoms with Gasteiger partial charge in [-0.1, -0.05) is 12.1 Å². The average Bonchev–Trinajstić information content (AvgIpc) is 2.93. The minimum absolute atomic E-state index is 0.0696. The van der Waals surface area contributed by atoms with Crippen molar-refractivity contribution in [2.75, 3.05) is 12.4 Å². The van der Waals surface area contributed by atoms with Gasteiger partial charge in [-0.15, -0.1) is 0 Å². The van der Waals surface area contributed by atoms with Crippen molar-refractivity contribution >= 4 is 11.6 Å². The Balaban J connectivity index is 1.99. The van der Waals surface area contributed by atoms with Crippen LogP contribution in [0, 0.1) is 0 Å². The molecule has 0 bridgehead atoms. The molecule has 1 amide bonds. The lowest BCUT2D eigenvalue weighted by atomic mass is 10.2. The van der Waals surface area contributed by atoms with Crippen molar-refractivity contribution < 1.29 is 4.79 Å². The second-order valence-corrected chi connectivity index (χ2v) is 5.07. The van der Waals surface area contributed by atoms with Crippen molar-refractivity contribution in [1.29, 1.82) is 0 Å². The van der Waals surface area contributed by atoms with E-state index in [4.69, 9.17) is 0 Å². The van der Waals surface area contributed by atoms with Gasteiger partial charge < -0.3 is 10.2 Å². The number of anilines is 1. The Morgan fingerprint density at radius 3 is 2.90 bits per heavy atom. The predicted molar refractivity (Wildman–Crippen MR) is 83.8 cm³/mol. The molecule has 0 fully saturated rings. The second kappa shape index (κ2) is 6.92. The second-order valence-electron chi connectivity index (χ2n) is 5.07. The summed E-state index contributed by atoms with van der Waals surface area (Å²) in [5.74, 6) is 0.0696. The minimum Gasteiger partial charge on any atom is -0.379 e. The van der Waals surface area contributed by atoms with Crippen LogP contribution in [0.15, 0.2) is 36.5 Å². The summed E-state index contributed by atoms with van der Waals surface area (Å²) in [4.78, 5) is 13.0. The van der Waals surface area contributed by atoms with Gasteiger partial charge in [0.2, 0.25) is 5.91 Å². The predicted octanol–water partition coefficient (Wildman–Crippen LogP) is 2.49. The smallest absolute Gasteiger partial charge is 0.219 e. The maximum atomic E-state index is 11.3. The number of aromatic nitrogens is 2. The zero-order valence-electron chi connectivity index (χ0n) is 12.8. The molecule has 5 nitrogen and oxygen atoms in total. The lowest BCUT2D eigenvalue weighted by molar-refractivity contribution is -0.128. The van der Waals surface area contributed by atoms with Gasteiger partial charge in [0.15, 0.2) is 0 Å². The molecule has 2 aromatic rings. The van der Waals surface area contributed by atoms with E-state index in [1.165, 1.54) is 0 Å². The van der Waals surface area contributed by atoms with Crippen LogP contribution in [0.2, 0.25) is 0 Å². The Labute approximate surface area is 125 Å². The Hall–Kier alpha value is -2.30. The number of rotatable bonds is 6. The summed E-state index contributed by atoms with van der Waals surface area (Å²) in [6, 6.07) is 10.2. The summed E-state index contributed by atoms with van der Waals surface area (Å²) < 4.78 is 1.97. The molecule has 0 atom stereocenters. The van der Waals surface area contributed by atoms with Gasteiger partial charge in [0.05, 0.1) is 12.2 Å². The molecule has 0 aliphatic heterocycles. The van der Waals surface area contributed by atoms with E-state index in [-0.39, 0.29) is 5.91 Å². The summed E-state index contributed by atoms with van der Waals surface area (Å²) in [6.45, 7) is 5.88. The molecule has 2 rings (SSSR count). The van der Waals surface area contributed by atoms with Crippen LogP contribution >= 0.6 is 0 Å². The fourth-order valence-electron chi connectivity index (χ4n) is 2.15. The van der Waals surface area contributed by atoms with E-state index in [0.717, 1.165) is 30.0 Å². The molecule has 112 valence electrons. The van der Waals surface area contributed by atoms with Crippen LogP contribution in [0.1, 0.15) is 25.1 Å². The lowest BCUT2D eigenvalue weighted by Gasteiger charge is -2.15. The third-order valence-corrected chi connectivity index (χ3v) is 3.46. The monoisotopic (exact) mass is 286 g/mol. The molecule has 0 aliphatic rings. The first-order chi connectivity index (χ1) is 10.1. The zero-order valence-corrected chi connectivity index (χ0v) is 12.8. The van der Waals surface area contributed by atoms with E-state index in [0.29, 0.717) is 6.54 Å². The van der Waals surface area contributed by atoms with Crippen molar-refractivity contribution in [2.45, 2.75) is 33.5 Å². The molecule has 0 saturated carbocycles. The highest BCUT2D eigenvalue weighted by Crippen LogP contribution is 2.13. The number of hydrogen-bond donors (Lipinski definition) is 1. The molecular weight excluding hydrogens is 264 g/mol. The number of carbonyl (C=O) groups excluding carboxylic acids is 1. The van der Waals surface area contributed by atoms with E-state index in [9.17, 15) is 4.79 Å². The van der Waals surface area contributed by atoms with Gasteiger partial charge in [-0.2, -0.15) is 5.10 Å². The Bertz CT molecular complexity index is 606. The van der Waals surface area contributed by atoms with Crippen LogP contribution in [-0.4, -0.2) is 27.6 Å². The fraction of sp³-hybridized carbons (Fsp3) is 0.375. The van der Waals surface area contributed by atoms with Crippen molar-refractivity contribution in [3.8, 4) is 0 Å². The number of nitrogens with zero attached hydrogens (tertiary/aromatic N) is 3. The van der Waals surface area contributed by atoms with E-state index >= 15 is 0 Å². The minimum atomic E-state index is 0.0696. The van der Waals surface area contributed by atoms with Crippen LogP contribution in [0.4, 0.5) is 5.69 Å². The van der Waals surface area contributed by atoms with Gasteiger partial charge in [-0.25, -0.2) is 0 Å². The summed E-state index contributed by atoms with van der Waals surface area (Å²) >= 11 is 0. The first-order valence-electron chi connectivity index (χ1n) is 7.15. The Kier molecular flexibility index (Phi) is 4.98. The lowest BCUT2D eigenvalue weighted by Crippen LogP contribution is -2.23. The molecule has 1 heterocycles. The molecule has 0 radical (unpaired) electrons. The molecule has 0 unspecified atom stereocenters. The molecule has 1 aromatic heterocycles. The normalized spacial score (nSPS) is 10.4. The highest BCUT2D eigenvalue weighted by molar-refractivity contribution is 5.72. The van der Waals surface area contributed by atoms with Gasteiger partial charge >= 0.3 is 0 Å². The van der Waals surface area contributed by atoms with Crippen molar-refractivity contribution in [1.82, 2.24) is 14.7 Å². The average molecular weight is 286 g/mol. The largest absolute Gasteiger partial charge is 0.379 e. The molecule has 0 spiro atoms. The summed E-state index contributed by atoms with van der Waals surface area (Å²) in [5.41, 5.74) is 3.32. The first kappa shape index (κ1) is 15.1. The number of amides is 1. The molecule has 5 heteroatoms. The van der Waals surface area contributed by atoms with E-state index in [1.807, 2.05) is 42.2 Å². The Morgan fingerprint density at radius 2 is 2.19 bits per heavy atom. The quantitative estimate of drug-likeness (QED) is 0.887. The number of benzene rings is 1. The van der Waals surface area contributed by atoms with Crippen molar-refractivity contribution in [3.63, 3.8) is 0 Å². The van der Waals surface area contributed by atoms with Crippen LogP contribution in [0.25, 0.3) is 0 Å². The van der Waals surface area contributed by atoms with Crippen LogP contribution < -0.4 is 5.32 Å². The Morgan fingerprint density at radius 1 is 1.38 bits per heavy atom. The fourth-order valence-corrected chi connectivity index (χ4v) is 2.15. The molecule has 1 aromatic carbocycles. The van der Waals surface area contributed by atoms with E-state index < -0.39 is 0 Å². The third kappa shape index (κ3) is 4.08. The maximum absolute atomic E-state index is 11.3. The summed E-state index contributed by atoms with van der Waals surface area (Å²) in [7, 11) is 1.81. The molecule has 0 saturated heterocycles. The summed E-state index contributed by atoms with van der Waals surface area (Å²) in [6.07, 6.45) is 1.82. The van der Waals surface area contributed by atoms with Crippen LogP contribution in [0.3, 0.4) is 0 Å². The summed E-state index contributed by atoms with van der Waals surface area (Å²) in [5, 5.41) is 7.66. The number of hydrogen-bond acceptors (Lipinski definition) is 3. The van der Waals surface area contributed by atoms with Crippen LogP contribution in [-0.2, 0) is 24.4 Å². The highest BCUT2D eigenvalue weighted by Gasteiger charge is 2.05. The highest BCUT2D eigenvalue weighted by atomic mass is 16.2. The standard InChI is InChI=1S/C16H22N4O/c1-4-20-16(8-9-18-20)11-17-15-7-5-6-14(10-15)12-19(3)13(2)21/h5-10,17H,4,11-12H2,1-3H3. The first-order valence-corrected chi connectivity index (χ1v) is 7.15. The SMILES string of the molecule is CCn1nccc1CNc1cccc(CN(C)C(C)=O)c1.